The Bertz CT molecular complexity index is 511. The summed E-state index contributed by atoms with van der Waals surface area (Å²) in [5.74, 6) is 0.685. The van der Waals surface area contributed by atoms with Crippen LogP contribution in [0.5, 0.6) is 5.75 Å². The molecule has 0 aliphatic rings. The second kappa shape index (κ2) is 5.74. The number of aryl methyl sites for hydroxylation is 1. The Labute approximate surface area is 116 Å². The van der Waals surface area contributed by atoms with Crippen molar-refractivity contribution < 1.29 is 4.74 Å². The third-order valence-electron chi connectivity index (χ3n) is 2.69. The zero-order valence-corrected chi connectivity index (χ0v) is 12.0. The fourth-order valence-corrected chi connectivity index (χ4v) is 2.60. The van der Waals surface area contributed by atoms with Crippen LogP contribution in [0.1, 0.15) is 24.2 Å². The Balaban J connectivity index is 2.27. The van der Waals surface area contributed by atoms with E-state index in [4.69, 9.17) is 22.1 Å². The Morgan fingerprint density at radius 2 is 2.11 bits per heavy atom. The van der Waals surface area contributed by atoms with Gasteiger partial charge in [0.25, 0.3) is 0 Å². The highest BCUT2D eigenvalue weighted by atomic mass is 35.5. The highest BCUT2D eigenvalue weighted by molar-refractivity contribution is 7.07. The number of thiophene rings is 1. The van der Waals surface area contributed by atoms with Crippen molar-refractivity contribution >= 4 is 22.9 Å². The van der Waals surface area contributed by atoms with Gasteiger partial charge in [-0.15, -0.1) is 0 Å². The molecule has 2 aromatic rings. The minimum Gasteiger partial charge on any atom is -0.483 e. The maximum atomic E-state index is 6.14. The molecule has 0 amide bonds. The normalized spacial score (nSPS) is 14.2. The van der Waals surface area contributed by atoms with E-state index >= 15 is 0 Å². The molecule has 0 aliphatic heterocycles. The molecule has 18 heavy (non-hydrogen) atoms. The van der Waals surface area contributed by atoms with Gasteiger partial charge in [-0.05, 0) is 48.4 Å². The van der Waals surface area contributed by atoms with Crippen LogP contribution in [0, 0.1) is 6.92 Å². The van der Waals surface area contributed by atoms with Gasteiger partial charge in [0.05, 0.1) is 5.02 Å². The molecule has 4 heteroatoms. The van der Waals surface area contributed by atoms with E-state index in [2.05, 4.69) is 5.38 Å². The van der Waals surface area contributed by atoms with Crippen LogP contribution in [-0.2, 0) is 0 Å². The summed E-state index contributed by atoms with van der Waals surface area (Å²) in [6.45, 7) is 3.95. The molecule has 2 atom stereocenters. The van der Waals surface area contributed by atoms with E-state index in [9.17, 15) is 0 Å². The van der Waals surface area contributed by atoms with Crippen LogP contribution in [-0.4, -0.2) is 6.04 Å². The number of nitrogens with two attached hydrogens (primary N) is 1. The molecular formula is C14H16ClNOS. The van der Waals surface area contributed by atoms with Gasteiger partial charge in [0.1, 0.15) is 11.9 Å². The Kier molecular flexibility index (Phi) is 4.27. The predicted molar refractivity (Wildman–Crippen MR) is 77.5 cm³/mol. The smallest absolute Gasteiger partial charge is 0.139 e. The molecule has 0 saturated heterocycles. The molecule has 2 N–H and O–H groups in total. The molecule has 2 unspecified atom stereocenters. The molecule has 1 aromatic carbocycles. The summed E-state index contributed by atoms with van der Waals surface area (Å²) in [7, 11) is 0. The van der Waals surface area contributed by atoms with Crippen molar-refractivity contribution in [3.05, 3.63) is 51.2 Å². The van der Waals surface area contributed by atoms with Crippen molar-refractivity contribution in [2.75, 3.05) is 0 Å². The van der Waals surface area contributed by atoms with E-state index in [1.54, 1.807) is 11.3 Å². The third kappa shape index (κ3) is 3.05. The summed E-state index contributed by atoms with van der Waals surface area (Å²) in [5, 5.41) is 4.69. The number of benzene rings is 1. The summed E-state index contributed by atoms with van der Waals surface area (Å²) < 4.78 is 5.98. The highest BCUT2D eigenvalue weighted by Crippen LogP contribution is 2.31. The van der Waals surface area contributed by atoms with Gasteiger partial charge in [-0.2, -0.15) is 11.3 Å². The third-order valence-corrected chi connectivity index (χ3v) is 3.70. The first-order valence-corrected chi connectivity index (χ1v) is 7.10. The quantitative estimate of drug-likeness (QED) is 0.912. The standard InChI is InChI=1S/C14H16ClNOS/c1-9-3-4-12(15)13(7-9)17-14(10(2)16)11-5-6-18-8-11/h3-8,10,14H,16H2,1-2H3. The minimum absolute atomic E-state index is 0.101. The second-order valence-corrected chi connectivity index (χ2v) is 5.58. The summed E-state index contributed by atoms with van der Waals surface area (Å²) in [4.78, 5) is 0. The molecule has 0 radical (unpaired) electrons. The molecule has 0 saturated carbocycles. The van der Waals surface area contributed by atoms with Crippen LogP contribution in [0.2, 0.25) is 5.02 Å². The first-order chi connectivity index (χ1) is 8.58. The molecule has 2 nitrogen and oxygen atoms in total. The van der Waals surface area contributed by atoms with E-state index in [1.165, 1.54) is 0 Å². The minimum atomic E-state index is -0.171. The van der Waals surface area contributed by atoms with Gasteiger partial charge in [-0.3, -0.25) is 0 Å². The molecule has 0 spiro atoms. The lowest BCUT2D eigenvalue weighted by Crippen LogP contribution is -2.28. The van der Waals surface area contributed by atoms with Gasteiger partial charge >= 0.3 is 0 Å². The molecule has 1 heterocycles. The molecule has 0 fully saturated rings. The van der Waals surface area contributed by atoms with Crippen molar-refractivity contribution in [3.8, 4) is 5.75 Å². The zero-order valence-electron chi connectivity index (χ0n) is 10.4. The number of hydrogen-bond donors (Lipinski definition) is 1. The maximum absolute atomic E-state index is 6.14. The summed E-state index contributed by atoms with van der Waals surface area (Å²) in [5.41, 5.74) is 8.20. The van der Waals surface area contributed by atoms with E-state index in [-0.39, 0.29) is 12.1 Å². The first kappa shape index (κ1) is 13.4. The van der Waals surface area contributed by atoms with Gasteiger partial charge in [-0.1, -0.05) is 17.7 Å². The molecule has 1 aromatic heterocycles. The van der Waals surface area contributed by atoms with Crippen molar-refractivity contribution in [2.45, 2.75) is 26.0 Å². The highest BCUT2D eigenvalue weighted by Gasteiger charge is 2.19. The Morgan fingerprint density at radius 3 is 2.72 bits per heavy atom. The van der Waals surface area contributed by atoms with Crippen LogP contribution >= 0.6 is 22.9 Å². The van der Waals surface area contributed by atoms with Crippen molar-refractivity contribution in [3.63, 3.8) is 0 Å². The van der Waals surface area contributed by atoms with Gasteiger partial charge < -0.3 is 10.5 Å². The predicted octanol–water partition coefficient (Wildman–Crippen LogP) is 4.18. The average molecular weight is 282 g/mol. The van der Waals surface area contributed by atoms with Crippen LogP contribution in [0.25, 0.3) is 0 Å². The van der Waals surface area contributed by atoms with Crippen LogP contribution in [0.15, 0.2) is 35.0 Å². The fraction of sp³-hybridized carbons (Fsp3) is 0.286. The van der Waals surface area contributed by atoms with Gasteiger partial charge in [-0.25, -0.2) is 0 Å². The lowest BCUT2D eigenvalue weighted by Gasteiger charge is -2.22. The Hall–Kier alpha value is -1.03. The fourth-order valence-electron chi connectivity index (χ4n) is 1.75. The number of hydrogen-bond acceptors (Lipinski definition) is 3. The van der Waals surface area contributed by atoms with E-state index < -0.39 is 0 Å². The van der Waals surface area contributed by atoms with E-state index in [0.717, 1.165) is 11.1 Å². The van der Waals surface area contributed by atoms with Crippen LogP contribution < -0.4 is 10.5 Å². The monoisotopic (exact) mass is 281 g/mol. The number of ether oxygens (including phenoxy) is 1. The van der Waals surface area contributed by atoms with Gasteiger partial charge in [0, 0.05) is 11.6 Å². The van der Waals surface area contributed by atoms with Crippen LogP contribution in [0.3, 0.4) is 0 Å². The molecule has 2 rings (SSSR count). The lowest BCUT2D eigenvalue weighted by atomic mass is 10.1. The van der Waals surface area contributed by atoms with E-state index in [0.29, 0.717) is 10.8 Å². The largest absolute Gasteiger partial charge is 0.483 e. The lowest BCUT2D eigenvalue weighted by molar-refractivity contribution is 0.181. The van der Waals surface area contributed by atoms with Crippen molar-refractivity contribution in [1.29, 1.82) is 0 Å². The second-order valence-electron chi connectivity index (χ2n) is 4.39. The van der Waals surface area contributed by atoms with E-state index in [1.807, 2.05) is 43.5 Å². The van der Waals surface area contributed by atoms with Gasteiger partial charge in [0.2, 0.25) is 0 Å². The van der Waals surface area contributed by atoms with Crippen LogP contribution in [0.4, 0.5) is 0 Å². The SMILES string of the molecule is Cc1ccc(Cl)c(OC(c2ccsc2)C(C)N)c1. The summed E-state index contributed by atoms with van der Waals surface area (Å²) in [6.07, 6.45) is -0.171. The Morgan fingerprint density at radius 1 is 1.33 bits per heavy atom. The number of halogens is 1. The summed E-state index contributed by atoms with van der Waals surface area (Å²) in [6, 6.07) is 7.67. The average Bonchev–Trinajstić information content (AvgIpc) is 2.83. The summed E-state index contributed by atoms with van der Waals surface area (Å²) >= 11 is 7.78. The topological polar surface area (TPSA) is 35.2 Å². The molecular weight excluding hydrogens is 266 g/mol. The van der Waals surface area contributed by atoms with Crippen molar-refractivity contribution in [2.24, 2.45) is 5.73 Å². The molecule has 0 aliphatic carbocycles. The van der Waals surface area contributed by atoms with Crippen molar-refractivity contribution in [1.82, 2.24) is 0 Å². The first-order valence-electron chi connectivity index (χ1n) is 5.78. The number of rotatable bonds is 4. The molecule has 0 bridgehead atoms. The van der Waals surface area contributed by atoms with Gasteiger partial charge in [0.15, 0.2) is 0 Å². The molecule has 96 valence electrons. The zero-order chi connectivity index (χ0) is 13.1. The maximum Gasteiger partial charge on any atom is 0.139 e.